The predicted molar refractivity (Wildman–Crippen MR) is 90.3 cm³/mol. The van der Waals surface area contributed by atoms with E-state index in [1.54, 1.807) is 43.6 Å². The van der Waals surface area contributed by atoms with Gasteiger partial charge in [0.25, 0.3) is 0 Å². The van der Waals surface area contributed by atoms with Crippen LogP contribution in [0, 0.1) is 5.82 Å². The number of hydrogen-bond donors (Lipinski definition) is 1. The number of aromatic nitrogens is 1. The maximum absolute atomic E-state index is 13.2. The molecule has 24 heavy (non-hydrogen) atoms. The summed E-state index contributed by atoms with van der Waals surface area (Å²) in [5, 5.41) is 0.675. The van der Waals surface area contributed by atoms with Crippen molar-refractivity contribution in [2.75, 3.05) is 12.8 Å². The van der Waals surface area contributed by atoms with Gasteiger partial charge in [-0.3, -0.25) is 4.79 Å². The van der Waals surface area contributed by atoms with Crippen LogP contribution in [-0.2, 0) is 11.3 Å². The molecule has 5 nitrogen and oxygen atoms in total. The van der Waals surface area contributed by atoms with Crippen LogP contribution < -0.4 is 5.73 Å². The monoisotopic (exact) mass is 325 g/mol. The number of nitrogens with two attached hydrogens (primary N) is 1. The SMILES string of the molecule is CN(Cc1cc2cc(F)ccc2o1)C(=O)/C=C/c1ccc(N)nc1. The molecule has 3 rings (SSSR count). The summed E-state index contributed by atoms with van der Waals surface area (Å²) in [7, 11) is 1.67. The van der Waals surface area contributed by atoms with Crippen molar-refractivity contribution in [2.45, 2.75) is 6.54 Å². The minimum Gasteiger partial charge on any atom is -0.459 e. The van der Waals surface area contributed by atoms with E-state index in [-0.39, 0.29) is 11.7 Å². The molecule has 0 bridgehead atoms. The van der Waals surface area contributed by atoms with Crippen molar-refractivity contribution in [3.63, 3.8) is 0 Å². The van der Waals surface area contributed by atoms with Crippen molar-refractivity contribution < 1.29 is 13.6 Å². The maximum atomic E-state index is 13.2. The van der Waals surface area contributed by atoms with Crippen LogP contribution in [0.5, 0.6) is 0 Å². The molecule has 2 heterocycles. The highest BCUT2D eigenvalue weighted by Gasteiger charge is 2.10. The Morgan fingerprint density at radius 2 is 2.17 bits per heavy atom. The van der Waals surface area contributed by atoms with Crippen molar-refractivity contribution >= 4 is 28.8 Å². The summed E-state index contributed by atoms with van der Waals surface area (Å²) in [6, 6.07) is 9.49. The van der Waals surface area contributed by atoms with Gasteiger partial charge in [-0.2, -0.15) is 0 Å². The number of nitrogens with zero attached hydrogens (tertiary/aromatic N) is 2. The third kappa shape index (κ3) is 3.60. The minimum atomic E-state index is -0.320. The second-order valence-electron chi connectivity index (χ2n) is 5.44. The van der Waals surface area contributed by atoms with Gasteiger partial charge < -0.3 is 15.1 Å². The summed E-state index contributed by atoms with van der Waals surface area (Å²) < 4.78 is 18.8. The maximum Gasteiger partial charge on any atom is 0.246 e. The standard InChI is InChI=1S/C18H16FN3O2/c1-22(18(23)7-3-12-2-6-17(20)21-10-12)11-15-9-13-8-14(19)4-5-16(13)24-15/h2-10H,11H2,1H3,(H2,20,21)/b7-3+. The van der Waals surface area contributed by atoms with Gasteiger partial charge in [-0.15, -0.1) is 0 Å². The number of carbonyl (C=O) groups is 1. The van der Waals surface area contributed by atoms with E-state index in [4.69, 9.17) is 10.2 Å². The molecule has 0 aliphatic carbocycles. The van der Waals surface area contributed by atoms with Crippen LogP contribution in [0.4, 0.5) is 10.2 Å². The van der Waals surface area contributed by atoms with Gasteiger partial charge in [0.2, 0.25) is 5.91 Å². The lowest BCUT2D eigenvalue weighted by atomic mass is 10.2. The first-order valence-corrected chi connectivity index (χ1v) is 7.34. The molecule has 1 amide bonds. The van der Waals surface area contributed by atoms with Crippen molar-refractivity contribution in [2.24, 2.45) is 0 Å². The number of hydrogen-bond acceptors (Lipinski definition) is 4. The van der Waals surface area contributed by atoms with Gasteiger partial charge in [0, 0.05) is 24.7 Å². The second kappa shape index (κ2) is 6.54. The van der Waals surface area contributed by atoms with Gasteiger partial charge in [-0.25, -0.2) is 9.37 Å². The zero-order valence-electron chi connectivity index (χ0n) is 13.1. The molecule has 0 unspecified atom stereocenters. The first-order valence-electron chi connectivity index (χ1n) is 7.34. The number of benzene rings is 1. The molecule has 3 aromatic rings. The number of halogens is 1. The number of pyridine rings is 1. The number of nitrogen functional groups attached to an aromatic ring is 1. The highest BCUT2D eigenvalue weighted by atomic mass is 19.1. The molecule has 0 fully saturated rings. The Morgan fingerprint density at radius 1 is 1.33 bits per heavy atom. The topological polar surface area (TPSA) is 72.4 Å². The average Bonchev–Trinajstić information content (AvgIpc) is 2.95. The molecular formula is C18H16FN3O2. The number of likely N-dealkylation sites (N-methyl/N-ethyl adjacent to an activating group) is 1. The highest BCUT2D eigenvalue weighted by Crippen LogP contribution is 2.21. The van der Waals surface area contributed by atoms with Crippen LogP contribution in [0.2, 0.25) is 0 Å². The zero-order valence-corrected chi connectivity index (χ0v) is 13.1. The van der Waals surface area contributed by atoms with E-state index in [9.17, 15) is 9.18 Å². The number of carbonyl (C=O) groups excluding carboxylic acids is 1. The smallest absolute Gasteiger partial charge is 0.246 e. The van der Waals surface area contributed by atoms with E-state index in [0.717, 1.165) is 5.56 Å². The molecule has 2 N–H and O–H groups in total. The van der Waals surface area contributed by atoms with Crippen LogP contribution in [0.25, 0.3) is 17.0 Å². The third-order valence-electron chi connectivity index (χ3n) is 3.53. The fraction of sp³-hybridized carbons (Fsp3) is 0.111. The van der Waals surface area contributed by atoms with E-state index in [2.05, 4.69) is 4.98 Å². The van der Waals surface area contributed by atoms with Crippen LogP contribution in [0.1, 0.15) is 11.3 Å². The molecule has 0 atom stereocenters. The normalized spacial score (nSPS) is 11.2. The molecule has 0 saturated heterocycles. The Morgan fingerprint density at radius 3 is 2.92 bits per heavy atom. The summed E-state index contributed by atoms with van der Waals surface area (Å²) in [6.45, 7) is 0.291. The molecule has 2 aromatic heterocycles. The van der Waals surface area contributed by atoms with Crippen LogP contribution in [-0.4, -0.2) is 22.8 Å². The highest BCUT2D eigenvalue weighted by molar-refractivity contribution is 5.91. The van der Waals surface area contributed by atoms with E-state index < -0.39 is 0 Å². The molecule has 122 valence electrons. The average molecular weight is 325 g/mol. The predicted octanol–water partition coefficient (Wildman–Crippen LogP) is 3.22. The Labute approximate surface area is 138 Å². The number of amides is 1. The lowest BCUT2D eigenvalue weighted by molar-refractivity contribution is -0.125. The molecule has 0 radical (unpaired) electrons. The van der Waals surface area contributed by atoms with Gasteiger partial charge >= 0.3 is 0 Å². The summed E-state index contributed by atoms with van der Waals surface area (Å²) in [6.07, 6.45) is 4.71. The summed E-state index contributed by atoms with van der Waals surface area (Å²) in [5.41, 5.74) is 6.89. The van der Waals surface area contributed by atoms with E-state index in [1.165, 1.54) is 23.1 Å². The summed E-state index contributed by atoms with van der Waals surface area (Å²) in [5.74, 6) is 0.517. The number of anilines is 1. The second-order valence-corrected chi connectivity index (χ2v) is 5.44. The molecule has 0 spiro atoms. The summed E-state index contributed by atoms with van der Waals surface area (Å²) in [4.78, 5) is 17.6. The molecule has 0 aliphatic rings. The number of rotatable bonds is 4. The lowest BCUT2D eigenvalue weighted by Gasteiger charge is -2.12. The van der Waals surface area contributed by atoms with Gasteiger partial charge in [0.1, 0.15) is 23.0 Å². The van der Waals surface area contributed by atoms with Crippen molar-refractivity contribution in [3.05, 3.63) is 65.8 Å². The molecule has 6 heteroatoms. The summed E-state index contributed by atoms with van der Waals surface area (Å²) >= 11 is 0. The Bertz CT molecular complexity index is 900. The number of fused-ring (bicyclic) bond motifs is 1. The van der Waals surface area contributed by atoms with Gasteiger partial charge in [0.05, 0.1) is 6.54 Å². The third-order valence-corrected chi connectivity index (χ3v) is 3.53. The molecule has 0 saturated carbocycles. The van der Waals surface area contributed by atoms with Crippen molar-refractivity contribution in [3.8, 4) is 0 Å². The van der Waals surface area contributed by atoms with Crippen molar-refractivity contribution in [1.82, 2.24) is 9.88 Å². The first kappa shape index (κ1) is 15.7. The molecular weight excluding hydrogens is 309 g/mol. The Hall–Kier alpha value is -3.15. The Balaban J connectivity index is 1.67. The largest absolute Gasteiger partial charge is 0.459 e. The fourth-order valence-electron chi connectivity index (χ4n) is 2.27. The van der Waals surface area contributed by atoms with E-state index in [0.29, 0.717) is 29.1 Å². The Kier molecular flexibility index (Phi) is 4.29. The van der Waals surface area contributed by atoms with Gasteiger partial charge in [0.15, 0.2) is 0 Å². The van der Waals surface area contributed by atoms with Crippen LogP contribution >= 0.6 is 0 Å². The lowest BCUT2D eigenvalue weighted by Crippen LogP contribution is -2.23. The van der Waals surface area contributed by atoms with Gasteiger partial charge in [-0.1, -0.05) is 0 Å². The van der Waals surface area contributed by atoms with E-state index >= 15 is 0 Å². The van der Waals surface area contributed by atoms with Gasteiger partial charge in [-0.05, 0) is 48.0 Å². The fourth-order valence-corrected chi connectivity index (χ4v) is 2.27. The first-order chi connectivity index (χ1) is 11.5. The zero-order chi connectivity index (χ0) is 17.1. The molecule has 0 aliphatic heterocycles. The van der Waals surface area contributed by atoms with Crippen LogP contribution in [0.15, 0.2) is 53.1 Å². The molecule has 1 aromatic carbocycles. The number of furan rings is 1. The van der Waals surface area contributed by atoms with Crippen LogP contribution in [0.3, 0.4) is 0 Å². The van der Waals surface area contributed by atoms with Crippen molar-refractivity contribution in [1.29, 1.82) is 0 Å². The van der Waals surface area contributed by atoms with E-state index in [1.807, 2.05) is 0 Å². The minimum absolute atomic E-state index is 0.182. The quantitative estimate of drug-likeness (QED) is 0.748.